The van der Waals surface area contributed by atoms with E-state index in [9.17, 15) is 35.9 Å². The van der Waals surface area contributed by atoms with E-state index >= 15 is 0 Å². The average Bonchev–Trinajstić information content (AvgIpc) is 3.35. The number of amides is 1. The van der Waals surface area contributed by atoms with Gasteiger partial charge in [-0.25, -0.2) is 13.2 Å². The third kappa shape index (κ3) is 11.6. The van der Waals surface area contributed by atoms with Gasteiger partial charge in [-0.15, -0.1) is 10.2 Å². The number of nitrogens with two attached hydrogens (primary N) is 1. The van der Waals surface area contributed by atoms with Crippen LogP contribution in [0.3, 0.4) is 0 Å². The van der Waals surface area contributed by atoms with E-state index in [0.717, 1.165) is 17.4 Å². The molecule has 0 saturated carbocycles. The van der Waals surface area contributed by atoms with Crippen LogP contribution in [0.1, 0.15) is 94.8 Å². The molecular weight excluding hydrogens is 568 g/mol. The van der Waals surface area contributed by atoms with Crippen LogP contribution in [0, 0.1) is 17.5 Å². The van der Waals surface area contributed by atoms with Crippen molar-refractivity contribution >= 4 is 11.9 Å². The molecule has 3 N–H and O–H groups in total. The van der Waals surface area contributed by atoms with E-state index in [1.54, 1.807) is 0 Å². The molecule has 0 bridgehead atoms. The zero-order valence-corrected chi connectivity index (χ0v) is 23.7. The predicted molar refractivity (Wildman–Crippen MR) is 143 cm³/mol. The zero-order valence-electron chi connectivity index (χ0n) is 23.7. The van der Waals surface area contributed by atoms with Gasteiger partial charge in [0.2, 0.25) is 11.7 Å². The molecule has 2 heterocycles. The number of nitrogens with zero attached hydrogens (tertiary/aromatic N) is 4. The van der Waals surface area contributed by atoms with E-state index < -0.39 is 47.4 Å². The summed E-state index contributed by atoms with van der Waals surface area (Å²) >= 11 is 0. The molecule has 0 spiro atoms. The first-order valence-corrected chi connectivity index (χ1v) is 14.2. The number of carbonyl (C=O) groups excluding carboxylic acids is 1. The molecule has 0 aliphatic carbocycles. The predicted octanol–water partition coefficient (Wildman–Crippen LogP) is 6.01. The lowest BCUT2D eigenvalue weighted by Crippen LogP contribution is -2.42. The van der Waals surface area contributed by atoms with Crippen LogP contribution in [0.4, 0.5) is 26.3 Å². The van der Waals surface area contributed by atoms with Gasteiger partial charge in [0, 0.05) is 38.0 Å². The van der Waals surface area contributed by atoms with Gasteiger partial charge in [0.05, 0.1) is 6.54 Å². The number of carboxylic acids is 1. The third-order valence-corrected chi connectivity index (χ3v) is 6.86. The highest BCUT2D eigenvalue weighted by atomic mass is 19.4. The van der Waals surface area contributed by atoms with Crippen LogP contribution in [-0.2, 0) is 35.3 Å². The Bertz CT molecular complexity index is 1160. The topological polar surface area (TPSA) is 114 Å². The van der Waals surface area contributed by atoms with Gasteiger partial charge in [-0.2, -0.15) is 13.2 Å². The Balaban J connectivity index is 0.000000374. The maximum absolute atomic E-state index is 13.7. The van der Waals surface area contributed by atoms with Crippen molar-refractivity contribution in [2.75, 3.05) is 6.54 Å². The molecule has 3 rings (SSSR count). The van der Waals surface area contributed by atoms with E-state index in [-0.39, 0.29) is 43.9 Å². The molecule has 1 amide bonds. The Kier molecular flexibility index (Phi) is 14.2. The largest absolute Gasteiger partial charge is 0.481 e. The molecule has 236 valence electrons. The number of hydrogen-bond acceptors (Lipinski definition) is 5. The van der Waals surface area contributed by atoms with E-state index in [0.29, 0.717) is 18.6 Å². The highest BCUT2D eigenvalue weighted by Gasteiger charge is 2.40. The summed E-state index contributed by atoms with van der Waals surface area (Å²) in [5.74, 6) is -5.81. The van der Waals surface area contributed by atoms with Gasteiger partial charge in [0.1, 0.15) is 5.82 Å². The van der Waals surface area contributed by atoms with Crippen molar-refractivity contribution in [1.82, 2.24) is 19.7 Å². The lowest BCUT2D eigenvalue weighted by atomic mass is 10.0. The number of fused-ring (bicyclic) bond motifs is 1. The zero-order chi connectivity index (χ0) is 31.3. The molecule has 1 aliphatic heterocycles. The van der Waals surface area contributed by atoms with E-state index in [1.165, 1.54) is 49.8 Å². The number of aliphatic carboxylic acids is 1. The number of carbonyl (C=O) groups is 2. The maximum atomic E-state index is 13.7. The fraction of sp³-hybridized carbons (Fsp3) is 0.643. The first kappa shape index (κ1) is 35.0. The summed E-state index contributed by atoms with van der Waals surface area (Å²) in [6.07, 6.45) is 6.37. The summed E-state index contributed by atoms with van der Waals surface area (Å²) in [5.41, 5.74) is 5.64. The second-order valence-corrected chi connectivity index (χ2v) is 10.4. The highest BCUT2D eigenvalue weighted by molar-refractivity contribution is 5.77. The second kappa shape index (κ2) is 17.1. The van der Waals surface area contributed by atoms with Gasteiger partial charge in [0.25, 0.3) is 0 Å². The molecular formula is C28H39F6N5O3. The standard InChI is InChI=1S/C16H15F6N5O.C12H24O2/c17-10-6-12(19)11(18)4-8(10)3-9(23)5-14(28)26-1-2-27-13(7-26)24-25-15(27)16(20,21)22;1-2-3-4-5-6-7-8-9-10-11-12(13)14/h4,6,9H,1-3,5,7,23H2;2-11H2,1H3,(H,13,14)/t9-;/m1./s1. The van der Waals surface area contributed by atoms with Crippen LogP contribution in [0.15, 0.2) is 12.1 Å². The van der Waals surface area contributed by atoms with Gasteiger partial charge in [-0.1, -0.05) is 58.3 Å². The molecule has 1 atom stereocenters. The Morgan fingerprint density at radius 1 is 0.929 bits per heavy atom. The van der Waals surface area contributed by atoms with E-state index in [2.05, 4.69) is 17.1 Å². The monoisotopic (exact) mass is 607 g/mol. The Morgan fingerprint density at radius 2 is 1.52 bits per heavy atom. The summed E-state index contributed by atoms with van der Waals surface area (Å²) in [5, 5.41) is 15.0. The average molecular weight is 608 g/mol. The number of alkyl halides is 3. The Morgan fingerprint density at radius 3 is 2.12 bits per heavy atom. The molecule has 42 heavy (non-hydrogen) atoms. The minimum atomic E-state index is -4.64. The lowest BCUT2D eigenvalue weighted by molar-refractivity contribution is -0.148. The highest BCUT2D eigenvalue weighted by Crippen LogP contribution is 2.29. The van der Waals surface area contributed by atoms with Crippen LogP contribution in [-0.4, -0.2) is 49.2 Å². The summed E-state index contributed by atoms with van der Waals surface area (Å²) in [7, 11) is 0. The Labute approximate surface area is 241 Å². The van der Waals surface area contributed by atoms with Crippen LogP contribution in [0.5, 0.6) is 0 Å². The molecule has 0 saturated heterocycles. The van der Waals surface area contributed by atoms with E-state index in [4.69, 9.17) is 10.8 Å². The molecule has 1 aromatic carbocycles. The summed E-state index contributed by atoms with van der Waals surface area (Å²) in [4.78, 5) is 23.8. The Hall–Kier alpha value is -3.16. The number of benzene rings is 1. The van der Waals surface area contributed by atoms with Crippen molar-refractivity contribution < 1.29 is 41.0 Å². The van der Waals surface area contributed by atoms with Crippen LogP contribution in [0.25, 0.3) is 0 Å². The van der Waals surface area contributed by atoms with E-state index in [1.807, 2.05) is 0 Å². The van der Waals surface area contributed by atoms with Gasteiger partial charge in [-0.3, -0.25) is 9.59 Å². The van der Waals surface area contributed by atoms with Gasteiger partial charge >= 0.3 is 12.1 Å². The first-order chi connectivity index (χ1) is 19.8. The summed E-state index contributed by atoms with van der Waals surface area (Å²) < 4.78 is 79.3. The quantitative estimate of drug-likeness (QED) is 0.155. The SMILES string of the molecule is CCCCCCCCCCCC(=O)O.N[C@@H](CC(=O)N1CCn2c(nnc2C(F)(F)F)C1)Cc1cc(F)c(F)cc1F. The fourth-order valence-electron chi connectivity index (χ4n) is 4.60. The minimum Gasteiger partial charge on any atom is -0.481 e. The summed E-state index contributed by atoms with van der Waals surface area (Å²) in [6.45, 7) is 1.93. The third-order valence-electron chi connectivity index (χ3n) is 6.86. The van der Waals surface area contributed by atoms with Crippen molar-refractivity contribution in [3.63, 3.8) is 0 Å². The molecule has 1 aromatic heterocycles. The van der Waals surface area contributed by atoms with Gasteiger partial charge < -0.3 is 20.3 Å². The van der Waals surface area contributed by atoms with Crippen LogP contribution >= 0.6 is 0 Å². The minimum absolute atomic E-state index is 0.000783. The van der Waals surface area contributed by atoms with Crippen molar-refractivity contribution in [2.24, 2.45) is 5.73 Å². The molecule has 1 aliphatic rings. The van der Waals surface area contributed by atoms with Crippen molar-refractivity contribution in [1.29, 1.82) is 0 Å². The van der Waals surface area contributed by atoms with Crippen molar-refractivity contribution in [3.05, 3.63) is 46.8 Å². The first-order valence-electron chi connectivity index (χ1n) is 14.2. The molecule has 14 heteroatoms. The normalized spacial score (nSPS) is 13.8. The smallest absolute Gasteiger partial charge is 0.451 e. The second-order valence-electron chi connectivity index (χ2n) is 10.4. The number of carboxylic acid groups (broad SMARTS) is 1. The van der Waals surface area contributed by atoms with Crippen molar-refractivity contribution in [3.8, 4) is 0 Å². The number of aromatic nitrogens is 3. The number of hydrogen-bond donors (Lipinski definition) is 2. The number of halogens is 6. The fourth-order valence-corrected chi connectivity index (χ4v) is 4.60. The molecule has 0 unspecified atom stereocenters. The van der Waals surface area contributed by atoms with Gasteiger partial charge in [-0.05, 0) is 24.5 Å². The molecule has 0 radical (unpaired) electrons. The maximum Gasteiger partial charge on any atom is 0.451 e. The van der Waals surface area contributed by atoms with Gasteiger partial charge in [0.15, 0.2) is 17.5 Å². The number of rotatable bonds is 14. The van der Waals surface area contributed by atoms with Crippen LogP contribution in [0.2, 0.25) is 0 Å². The van der Waals surface area contributed by atoms with Crippen LogP contribution < -0.4 is 5.73 Å². The lowest BCUT2D eigenvalue weighted by Gasteiger charge is -2.29. The van der Waals surface area contributed by atoms with Crippen molar-refractivity contribution in [2.45, 2.75) is 109 Å². The summed E-state index contributed by atoms with van der Waals surface area (Å²) in [6, 6.07) is 0.184. The molecule has 2 aromatic rings. The molecule has 8 nitrogen and oxygen atoms in total. The number of unbranched alkanes of at least 4 members (excludes halogenated alkanes) is 8. The molecule has 0 fully saturated rings.